The number of hydrogen-bond acceptors (Lipinski definition) is 3. The molecule has 0 atom stereocenters. The molecule has 7 heteroatoms. The quantitative estimate of drug-likeness (QED) is 0.528. The number of hydrogen-bond donors (Lipinski definition) is 1. The minimum absolute atomic E-state index is 0.426. The maximum atomic E-state index is 12.5. The lowest BCUT2D eigenvalue weighted by molar-refractivity contribution is -0.137. The van der Waals surface area contributed by atoms with E-state index in [0.717, 1.165) is 22.3 Å². The minimum atomic E-state index is -4.33. The van der Waals surface area contributed by atoms with Crippen LogP contribution < -0.4 is 5.32 Å². The normalized spacial score (nSPS) is 11.8. The van der Waals surface area contributed by atoms with Gasteiger partial charge in [-0.2, -0.15) is 13.2 Å². The molecule has 1 heterocycles. The Morgan fingerprint density at radius 1 is 1.00 bits per heavy atom. The third kappa shape index (κ3) is 4.98. The summed E-state index contributed by atoms with van der Waals surface area (Å²) in [4.78, 5) is 4.31. The summed E-state index contributed by atoms with van der Waals surface area (Å²) in [5.41, 5.74) is 1.51. The van der Waals surface area contributed by atoms with E-state index in [9.17, 15) is 13.2 Å². The van der Waals surface area contributed by atoms with Crippen molar-refractivity contribution in [1.29, 1.82) is 0 Å². The molecule has 0 aliphatic carbocycles. The Labute approximate surface area is 156 Å². The number of oxazole rings is 1. The van der Waals surface area contributed by atoms with E-state index in [-0.39, 0.29) is 0 Å². The van der Waals surface area contributed by atoms with Gasteiger partial charge < -0.3 is 9.73 Å². The van der Waals surface area contributed by atoms with Gasteiger partial charge in [-0.15, -0.1) is 0 Å². The predicted octanol–water partition coefficient (Wildman–Crippen LogP) is 6.24. The van der Waals surface area contributed by atoms with Crippen molar-refractivity contribution in [3.05, 3.63) is 82.0 Å². The molecule has 1 aromatic heterocycles. The van der Waals surface area contributed by atoms with Gasteiger partial charge in [0.05, 0.1) is 12.1 Å². The van der Waals surface area contributed by atoms with E-state index in [1.165, 1.54) is 18.4 Å². The highest BCUT2D eigenvalue weighted by Gasteiger charge is 2.29. The average Bonchev–Trinajstić information content (AvgIpc) is 3.07. The fraction of sp³-hybridized carbons (Fsp3) is 0.105. The van der Waals surface area contributed by atoms with Crippen molar-refractivity contribution in [3.8, 4) is 0 Å². The lowest BCUT2D eigenvalue weighted by atomic mass is 10.1. The van der Waals surface area contributed by atoms with Crippen molar-refractivity contribution in [2.45, 2.75) is 12.7 Å². The number of rotatable bonds is 5. The zero-order valence-electron chi connectivity index (χ0n) is 13.4. The third-order valence-corrected chi connectivity index (χ3v) is 4.07. The Bertz CT molecular complexity index is 884. The first kappa shape index (κ1) is 18.3. The maximum Gasteiger partial charge on any atom is 0.416 e. The van der Waals surface area contributed by atoms with Crippen LogP contribution in [-0.2, 0) is 12.7 Å². The summed E-state index contributed by atoms with van der Waals surface area (Å²) >= 11 is 3.37. The highest BCUT2D eigenvalue weighted by atomic mass is 79.9. The van der Waals surface area contributed by atoms with Crippen LogP contribution in [0.15, 0.2) is 63.7 Å². The summed E-state index contributed by atoms with van der Waals surface area (Å²) < 4.78 is 44.0. The van der Waals surface area contributed by atoms with Gasteiger partial charge in [0.1, 0.15) is 12.0 Å². The van der Waals surface area contributed by atoms with Gasteiger partial charge in [0.25, 0.3) is 0 Å². The molecule has 0 fully saturated rings. The molecule has 134 valence electrons. The van der Waals surface area contributed by atoms with Gasteiger partial charge in [-0.05, 0) is 48.0 Å². The number of nitrogens with one attached hydrogen (secondary N) is 1. The molecule has 0 aliphatic rings. The van der Waals surface area contributed by atoms with Gasteiger partial charge in [0.15, 0.2) is 0 Å². The van der Waals surface area contributed by atoms with Crippen molar-refractivity contribution in [3.63, 3.8) is 0 Å². The average molecular weight is 423 g/mol. The topological polar surface area (TPSA) is 38.1 Å². The molecule has 0 saturated heterocycles. The van der Waals surface area contributed by atoms with Crippen LogP contribution in [0, 0.1) is 0 Å². The molecule has 1 N–H and O–H groups in total. The number of anilines is 1. The number of halogens is 4. The number of nitrogens with zero attached hydrogens (tertiary/aromatic N) is 1. The van der Waals surface area contributed by atoms with Crippen molar-refractivity contribution in [2.75, 3.05) is 5.32 Å². The molecule has 0 saturated carbocycles. The maximum absolute atomic E-state index is 12.5. The fourth-order valence-corrected chi connectivity index (χ4v) is 2.46. The Balaban J connectivity index is 1.59. The lowest BCUT2D eigenvalue weighted by Gasteiger charge is -2.05. The Morgan fingerprint density at radius 2 is 1.69 bits per heavy atom. The van der Waals surface area contributed by atoms with Gasteiger partial charge >= 0.3 is 6.18 Å². The standard InChI is InChI=1S/C19H14BrF3N2O/c20-15-6-9-16(10-7-15)24-11-18-25-17(12-26-18)8-3-13-1-4-14(5-2-13)19(21,22)23/h1-10,12,24H,11H2/b8-3+. The van der Waals surface area contributed by atoms with E-state index in [4.69, 9.17) is 4.42 Å². The fourth-order valence-electron chi connectivity index (χ4n) is 2.19. The van der Waals surface area contributed by atoms with Gasteiger partial charge in [-0.3, -0.25) is 0 Å². The second-order valence-corrected chi connectivity index (χ2v) is 6.40. The second-order valence-electron chi connectivity index (χ2n) is 5.48. The zero-order valence-corrected chi connectivity index (χ0v) is 15.0. The molecule has 3 nitrogen and oxygen atoms in total. The highest BCUT2D eigenvalue weighted by molar-refractivity contribution is 9.10. The van der Waals surface area contributed by atoms with Gasteiger partial charge in [0.2, 0.25) is 5.89 Å². The molecule has 0 spiro atoms. The molecule has 0 bridgehead atoms. The molecular formula is C19H14BrF3N2O. The van der Waals surface area contributed by atoms with Crippen LogP contribution in [0.5, 0.6) is 0 Å². The van der Waals surface area contributed by atoms with Crippen LogP contribution in [-0.4, -0.2) is 4.98 Å². The summed E-state index contributed by atoms with van der Waals surface area (Å²) in [5, 5.41) is 3.19. The van der Waals surface area contributed by atoms with Crippen molar-refractivity contribution in [2.24, 2.45) is 0 Å². The first-order chi connectivity index (χ1) is 12.4. The summed E-state index contributed by atoms with van der Waals surface area (Å²) in [7, 11) is 0. The molecule has 3 aromatic rings. The third-order valence-electron chi connectivity index (χ3n) is 3.54. The molecule has 0 aliphatic heterocycles. The van der Waals surface area contributed by atoms with E-state index in [1.54, 1.807) is 12.2 Å². The van der Waals surface area contributed by atoms with Crippen molar-refractivity contribution >= 4 is 33.8 Å². The smallest absolute Gasteiger partial charge is 0.416 e. The van der Waals surface area contributed by atoms with E-state index in [2.05, 4.69) is 26.2 Å². The van der Waals surface area contributed by atoms with Crippen molar-refractivity contribution < 1.29 is 17.6 Å². The molecular weight excluding hydrogens is 409 g/mol. The Hall–Kier alpha value is -2.54. The van der Waals surface area contributed by atoms with Crippen LogP contribution in [0.1, 0.15) is 22.7 Å². The van der Waals surface area contributed by atoms with Gasteiger partial charge in [0, 0.05) is 10.2 Å². The summed E-state index contributed by atoms with van der Waals surface area (Å²) in [6.07, 6.45) is 0.545. The van der Waals surface area contributed by atoms with Crippen LogP contribution in [0.25, 0.3) is 12.2 Å². The number of aromatic nitrogens is 1. The Kier molecular flexibility index (Phi) is 5.46. The Morgan fingerprint density at radius 3 is 2.35 bits per heavy atom. The molecule has 2 aromatic carbocycles. The largest absolute Gasteiger partial charge is 0.446 e. The lowest BCUT2D eigenvalue weighted by Crippen LogP contribution is -2.03. The first-order valence-corrected chi connectivity index (χ1v) is 8.49. The van der Waals surface area contributed by atoms with E-state index in [1.807, 2.05) is 24.3 Å². The summed E-state index contributed by atoms with van der Waals surface area (Å²) in [6.45, 7) is 0.426. The van der Waals surface area contributed by atoms with E-state index >= 15 is 0 Å². The minimum Gasteiger partial charge on any atom is -0.446 e. The van der Waals surface area contributed by atoms with E-state index < -0.39 is 11.7 Å². The van der Waals surface area contributed by atoms with Crippen LogP contribution in [0.4, 0.5) is 18.9 Å². The van der Waals surface area contributed by atoms with Crippen LogP contribution >= 0.6 is 15.9 Å². The van der Waals surface area contributed by atoms with Crippen LogP contribution in [0.3, 0.4) is 0 Å². The van der Waals surface area contributed by atoms with Crippen molar-refractivity contribution in [1.82, 2.24) is 4.98 Å². The molecule has 26 heavy (non-hydrogen) atoms. The van der Waals surface area contributed by atoms with Gasteiger partial charge in [-0.25, -0.2) is 4.98 Å². The monoisotopic (exact) mass is 422 g/mol. The predicted molar refractivity (Wildman–Crippen MR) is 98.3 cm³/mol. The number of benzene rings is 2. The SMILES string of the molecule is FC(F)(F)c1ccc(/C=C/c2coc(CNc3ccc(Br)cc3)n2)cc1. The number of alkyl halides is 3. The molecule has 0 amide bonds. The molecule has 0 unspecified atom stereocenters. The zero-order chi connectivity index (χ0) is 18.6. The van der Waals surface area contributed by atoms with Gasteiger partial charge in [-0.1, -0.05) is 34.1 Å². The van der Waals surface area contributed by atoms with E-state index in [0.29, 0.717) is 23.7 Å². The molecule has 3 rings (SSSR count). The van der Waals surface area contributed by atoms with Crippen LogP contribution in [0.2, 0.25) is 0 Å². The summed E-state index contributed by atoms with van der Waals surface area (Å²) in [6, 6.07) is 12.6. The summed E-state index contributed by atoms with van der Waals surface area (Å²) in [5.74, 6) is 0.514. The highest BCUT2D eigenvalue weighted by Crippen LogP contribution is 2.29. The molecule has 0 radical (unpaired) electrons. The second kappa shape index (κ2) is 7.78. The first-order valence-electron chi connectivity index (χ1n) is 7.69.